The first-order valence-corrected chi connectivity index (χ1v) is 26.6. The molecule has 408 valence electrons. The van der Waals surface area contributed by atoms with Gasteiger partial charge in [-0.1, -0.05) is 113 Å². The van der Waals surface area contributed by atoms with Gasteiger partial charge in [0.15, 0.2) is 23.8 Å². The normalized spacial score (nSPS) is 17.6. The number of quaternary nitrogens is 1. The molecule has 2 aliphatic heterocycles. The van der Waals surface area contributed by atoms with Crippen molar-refractivity contribution >= 4 is 41.7 Å². The highest BCUT2D eigenvalue weighted by molar-refractivity contribution is 5.99. The SMILES string of the molecule is CC(C)CC(NC(=O)C(CCc1ccccc1)NC(=O)C[N+]1(Cc2ccc(OC(=O)C(C)(C)C)c(OCc3ccc(C=O)cc3)c2)CCOCC1)C(=O)NC(Cc1ccccc1)C(=O)NC(CC(C)C)C(=O)[C@@]1(C)CO1. The lowest BCUT2D eigenvalue weighted by atomic mass is 9.93. The Morgan fingerprint density at radius 3 is 1.82 bits per heavy atom. The van der Waals surface area contributed by atoms with Crippen LogP contribution in [-0.2, 0) is 64.2 Å². The minimum atomic E-state index is -1.10. The minimum Gasteiger partial charge on any atom is -0.485 e. The third-order valence-corrected chi connectivity index (χ3v) is 13.7. The number of carbonyl (C=O) groups is 7. The van der Waals surface area contributed by atoms with Gasteiger partial charge in [-0.3, -0.25) is 33.6 Å². The Morgan fingerprint density at radius 1 is 0.671 bits per heavy atom. The fourth-order valence-electron chi connectivity index (χ4n) is 9.11. The Kier molecular flexibility index (Phi) is 20.7. The van der Waals surface area contributed by atoms with Gasteiger partial charge in [0.1, 0.15) is 56.3 Å². The lowest BCUT2D eigenvalue weighted by Crippen LogP contribution is -2.61. The van der Waals surface area contributed by atoms with Gasteiger partial charge in [0.25, 0.3) is 5.91 Å². The first-order valence-electron chi connectivity index (χ1n) is 26.6. The van der Waals surface area contributed by atoms with Crippen LogP contribution in [0.1, 0.15) is 107 Å². The second-order valence-corrected chi connectivity index (χ2v) is 22.4. The third-order valence-electron chi connectivity index (χ3n) is 13.7. The summed E-state index contributed by atoms with van der Waals surface area (Å²) in [5.74, 6) is -2.11. The number of amides is 4. The van der Waals surface area contributed by atoms with Crippen LogP contribution in [0.3, 0.4) is 0 Å². The molecule has 4 amide bonds. The molecule has 0 bridgehead atoms. The molecule has 0 saturated carbocycles. The second kappa shape index (κ2) is 26.8. The Balaban J connectivity index is 1.22. The molecule has 2 heterocycles. The van der Waals surface area contributed by atoms with Gasteiger partial charge in [-0.05, 0) is 100 Å². The number of nitrogens with one attached hydrogen (secondary N) is 4. The number of epoxide rings is 1. The van der Waals surface area contributed by atoms with Crippen LogP contribution >= 0.6 is 0 Å². The Bertz CT molecular complexity index is 2610. The molecule has 5 atom stereocenters. The first-order chi connectivity index (χ1) is 36.1. The number of benzene rings is 4. The van der Waals surface area contributed by atoms with E-state index in [9.17, 15) is 33.6 Å². The number of ether oxygens (including phenoxy) is 4. The minimum absolute atomic E-state index is 0.00369. The molecule has 0 radical (unpaired) electrons. The fraction of sp³-hybridized carbons (Fsp3) is 0.483. The molecule has 0 spiro atoms. The van der Waals surface area contributed by atoms with Crippen LogP contribution in [0.4, 0.5) is 0 Å². The van der Waals surface area contributed by atoms with Crippen LogP contribution in [-0.4, -0.2) is 115 Å². The molecule has 4 unspecified atom stereocenters. The zero-order chi connectivity index (χ0) is 55.0. The van der Waals surface area contributed by atoms with E-state index >= 15 is 0 Å². The van der Waals surface area contributed by atoms with Gasteiger partial charge in [-0.2, -0.15) is 0 Å². The molecule has 16 nitrogen and oxygen atoms in total. The quantitative estimate of drug-likeness (QED) is 0.0164. The largest absolute Gasteiger partial charge is 0.485 e. The molecule has 2 aliphatic rings. The van der Waals surface area contributed by atoms with Crippen molar-refractivity contribution in [2.45, 2.75) is 130 Å². The summed E-state index contributed by atoms with van der Waals surface area (Å²) in [6, 6.07) is 27.1. The van der Waals surface area contributed by atoms with Gasteiger partial charge in [-0.25, -0.2) is 0 Å². The van der Waals surface area contributed by atoms with Crippen LogP contribution < -0.4 is 30.7 Å². The number of aldehydes is 1. The molecule has 2 saturated heterocycles. The average Bonchev–Trinajstić information content (AvgIpc) is 4.15. The highest BCUT2D eigenvalue weighted by atomic mass is 16.6. The molecule has 6 rings (SSSR count). The topological polar surface area (TPSA) is 208 Å². The summed E-state index contributed by atoms with van der Waals surface area (Å²) < 4.78 is 23.7. The number of rotatable bonds is 27. The predicted octanol–water partition coefficient (Wildman–Crippen LogP) is 6.64. The smallest absolute Gasteiger partial charge is 0.316 e. The summed E-state index contributed by atoms with van der Waals surface area (Å²) in [7, 11) is 0. The summed E-state index contributed by atoms with van der Waals surface area (Å²) in [4.78, 5) is 95.9. The van der Waals surface area contributed by atoms with E-state index in [2.05, 4.69) is 21.3 Å². The lowest BCUT2D eigenvalue weighted by Gasteiger charge is -2.41. The molecule has 4 aromatic rings. The fourth-order valence-corrected chi connectivity index (χ4v) is 9.11. The van der Waals surface area contributed by atoms with E-state index < -0.39 is 58.9 Å². The number of aryl methyl sites for hydroxylation is 1. The predicted molar refractivity (Wildman–Crippen MR) is 288 cm³/mol. The molecule has 0 aromatic heterocycles. The maximum Gasteiger partial charge on any atom is 0.316 e. The zero-order valence-electron chi connectivity index (χ0n) is 45.5. The van der Waals surface area contributed by atoms with Gasteiger partial charge < -0.3 is 44.7 Å². The van der Waals surface area contributed by atoms with Gasteiger partial charge >= 0.3 is 5.97 Å². The van der Waals surface area contributed by atoms with Gasteiger partial charge in [0.05, 0.1) is 31.3 Å². The first kappa shape index (κ1) is 58.5. The van der Waals surface area contributed by atoms with Crippen LogP contribution in [0, 0.1) is 17.3 Å². The van der Waals surface area contributed by atoms with Crippen molar-refractivity contribution in [3.8, 4) is 11.5 Å². The monoisotopic (exact) mass is 1040 g/mol. The summed E-state index contributed by atoms with van der Waals surface area (Å²) in [6.45, 7) is 17.3. The molecule has 4 aromatic carbocycles. The maximum atomic E-state index is 14.7. The number of carbonyl (C=O) groups excluding carboxylic acids is 7. The number of ketones is 1. The highest BCUT2D eigenvalue weighted by Gasteiger charge is 2.50. The van der Waals surface area contributed by atoms with Crippen molar-refractivity contribution in [1.82, 2.24) is 21.3 Å². The van der Waals surface area contributed by atoms with Crippen molar-refractivity contribution in [3.63, 3.8) is 0 Å². The van der Waals surface area contributed by atoms with E-state index in [1.54, 1.807) is 58.0 Å². The van der Waals surface area contributed by atoms with Gasteiger partial charge in [0.2, 0.25) is 17.7 Å². The molecule has 2 fully saturated rings. The molecule has 0 aliphatic carbocycles. The summed E-state index contributed by atoms with van der Waals surface area (Å²) >= 11 is 0. The van der Waals surface area contributed by atoms with Crippen LogP contribution in [0.5, 0.6) is 11.5 Å². The van der Waals surface area contributed by atoms with Crippen LogP contribution in [0.15, 0.2) is 103 Å². The molecule has 4 N–H and O–H groups in total. The molecular formula is C60H78N5O11+. The molecular weight excluding hydrogens is 967 g/mol. The highest BCUT2D eigenvalue weighted by Crippen LogP contribution is 2.33. The van der Waals surface area contributed by atoms with E-state index in [1.165, 1.54) is 0 Å². The zero-order valence-corrected chi connectivity index (χ0v) is 45.5. The van der Waals surface area contributed by atoms with E-state index in [0.717, 1.165) is 28.5 Å². The van der Waals surface area contributed by atoms with E-state index in [-0.39, 0.29) is 72.8 Å². The van der Waals surface area contributed by atoms with Crippen molar-refractivity contribution in [2.24, 2.45) is 17.3 Å². The van der Waals surface area contributed by atoms with Crippen LogP contribution in [0.25, 0.3) is 0 Å². The molecule has 16 heteroatoms. The lowest BCUT2D eigenvalue weighted by molar-refractivity contribution is -0.940. The van der Waals surface area contributed by atoms with Crippen molar-refractivity contribution in [3.05, 3.63) is 131 Å². The number of morpholine rings is 1. The number of hydrogen-bond acceptors (Lipinski definition) is 11. The average molecular weight is 1050 g/mol. The van der Waals surface area contributed by atoms with Crippen molar-refractivity contribution in [2.75, 3.05) is 39.5 Å². The Hall–Kier alpha value is -6.75. The number of Topliss-reactive ketones (excluding diaryl/α,β-unsaturated/α-hetero) is 1. The standard InChI is InChI=1S/C60H77N5O11/c1-40(2)31-48(54(68)60(8)39-75-60)62-57(71)50(33-43-17-13-10-14-18-43)64-56(70)49(32-41(3)4)63-55(69)47(25-23-42-15-11-9-12-16-42)61-53(67)36-65(27-29-73-30-28-65)35-46-24-26-51(76-58(72)59(5,6)7)52(34-46)74-38-45-21-19-44(37-66)20-22-45/h9-22,24,26,34,37,40-41,47-50H,23,25,27-33,35-36,38-39H2,1-8H3,(H3-,61,62,63,64,67,69,70,71)/p+1/t47?,48?,49?,50?,60-/m1/s1. The number of esters is 1. The van der Waals surface area contributed by atoms with Gasteiger partial charge in [0, 0.05) is 17.5 Å². The summed E-state index contributed by atoms with van der Waals surface area (Å²) in [6.07, 6.45) is 2.17. The number of nitrogens with zero attached hydrogens (tertiary/aromatic N) is 1. The summed E-state index contributed by atoms with van der Waals surface area (Å²) in [5, 5.41) is 11.9. The van der Waals surface area contributed by atoms with Crippen molar-refractivity contribution < 1.29 is 57.0 Å². The van der Waals surface area contributed by atoms with E-state index in [4.69, 9.17) is 18.9 Å². The number of hydrogen-bond donors (Lipinski definition) is 4. The summed E-state index contributed by atoms with van der Waals surface area (Å²) in [5.41, 5.74) is 2.12. The van der Waals surface area contributed by atoms with Gasteiger partial charge in [-0.15, -0.1) is 0 Å². The van der Waals surface area contributed by atoms with Crippen molar-refractivity contribution in [1.29, 1.82) is 0 Å². The molecule has 76 heavy (non-hydrogen) atoms. The second-order valence-electron chi connectivity index (χ2n) is 22.4. The Morgan fingerprint density at radius 2 is 1.22 bits per heavy atom. The Labute approximate surface area is 447 Å². The van der Waals surface area contributed by atoms with Crippen LogP contribution in [0.2, 0.25) is 0 Å². The van der Waals surface area contributed by atoms with E-state index in [1.807, 2.05) is 100 Å². The van der Waals surface area contributed by atoms with E-state index in [0.29, 0.717) is 57.0 Å². The maximum absolute atomic E-state index is 14.7. The third kappa shape index (κ3) is 17.7.